The topological polar surface area (TPSA) is 116 Å². The van der Waals surface area contributed by atoms with Crippen LogP contribution in [0.3, 0.4) is 0 Å². The fourth-order valence-electron chi connectivity index (χ4n) is 3.78. The van der Waals surface area contributed by atoms with Crippen LogP contribution in [0.1, 0.15) is 40.9 Å². The van der Waals surface area contributed by atoms with E-state index in [4.69, 9.17) is 16.2 Å². The van der Waals surface area contributed by atoms with Gasteiger partial charge in [0, 0.05) is 21.9 Å². The zero-order chi connectivity index (χ0) is 19.7. The minimum absolute atomic E-state index is 0.135. The maximum Gasteiger partial charge on any atom is 0.253 e. The monoisotopic (exact) mass is 366 g/mol. The van der Waals surface area contributed by atoms with E-state index in [0.717, 1.165) is 11.1 Å². The van der Waals surface area contributed by atoms with Gasteiger partial charge < -0.3 is 21.3 Å². The number of pyridine rings is 1. The second-order valence-electron chi connectivity index (χ2n) is 7.72. The van der Waals surface area contributed by atoms with Crippen molar-refractivity contribution in [3.05, 3.63) is 40.5 Å². The van der Waals surface area contributed by atoms with E-state index in [1.54, 1.807) is 23.6 Å². The quantitative estimate of drug-likeness (QED) is 0.645. The van der Waals surface area contributed by atoms with E-state index in [1.165, 1.54) is 0 Å². The molecule has 0 atom stereocenters. The number of carbonyl (C=O) groups is 1. The molecule has 0 unspecified atom stereocenters. The number of aromatic nitrogens is 2. The van der Waals surface area contributed by atoms with Gasteiger partial charge in [-0.05, 0) is 31.5 Å². The number of nitrogens with two attached hydrogens (primary N) is 2. The number of aryl methyl sites for hydroxylation is 1. The van der Waals surface area contributed by atoms with E-state index in [0.29, 0.717) is 34.8 Å². The fourth-order valence-corrected chi connectivity index (χ4v) is 3.78. The Balaban J connectivity index is 2.17. The molecular formula is C20H22N4O3. The lowest BCUT2D eigenvalue weighted by atomic mass is 9.87. The van der Waals surface area contributed by atoms with Gasteiger partial charge in [0.1, 0.15) is 11.6 Å². The average Bonchev–Trinajstić information content (AvgIpc) is 3.04. The number of nitrogens with zero attached hydrogens (tertiary/aromatic N) is 2. The predicted molar refractivity (Wildman–Crippen MR) is 104 cm³/mol. The summed E-state index contributed by atoms with van der Waals surface area (Å²) in [6.07, 6.45) is 0. The molecule has 27 heavy (non-hydrogen) atoms. The van der Waals surface area contributed by atoms with Gasteiger partial charge in [-0.1, -0.05) is 19.9 Å². The maximum atomic E-state index is 12.2. The van der Waals surface area contributed by atoms with Gasteiger partial charge in [0.05, 0.1) is 17.9 Å². The summed E-state index contributed by atoms with van der Waals surface area (Å²) >= 11 is 0. The zero-order valence-electron chi connectivity index (χ0n) is 15.8. The third-order valence-electron chi connectivity index (χ3n) is 5.32. The molecule has 5 N–H and O–H groups in total. The van der Waals surface area contributed by atoms with E-state index in [9.17, 15) is 9.90 Å². The highest BCUT2D eigenvalue weighted by molar-refractivity contribution is 6.11. The minimum Gasteiger partial charge on any atom is -0.508 e. The number of ether oxygens (including phenoxy) is 1. The Labute approximate surface area is 156 Å². The van der Waals surface area contributed by atoms with Crippen LogP contribution in [0.15, 0.2) is 18.2 Å². The van der Waals surface area contributed by atoms with Crippen LogP contribution in [0.5, 0.6) is 11.6 Å². The molecule has 4 rings (SSSR count). The molecule has 1 aliphatic heterocycles. The Bertz CT molecular complexity index is 1130. The maximum absolute atomic E-state index is 12.2. The molecule has 0 spiro atoms. The minimum atomic E-state index is -0.620. The highest BCUT2D eigenvalue weighted by atomic mass is 16.5. The summed E-state index contributed by atoms with van der Waals surface area (Å²) in [7, 11) is 0. The molecule has 0 fully saturated rings. The number of phenols is 1. The first-order valence-electron chi connectivity index (χ1n) is 8.71. The molecule has 140 valence electrons. The van der Waals surface area contributed by atoms with E-state index in [1.807, 2.05) is 13.0 Å². The Morgan fingerprint density at radius 2 is 2.04 bits per heavy atom. The van der Waals surface area contributed by atoms with E-state index >= 15 is 0 Å². The van der Waals surface area contributed by atoms with Crippen molar-refractivity contribution in [3.63, 3.8) is 0 Å². The molecule has 2 aromatic heterocycles. The molecule has 1 aromatic carbocycles. The first kappa shape index (κ1) is 17.2. The van der Waals surface area contributed by atoms with Crippen molar-refractivity contribution in [1.29, 1.82) is 0 Å². The number of aromatic hydroxyl groups is 1. The van der Waals surface area contributed by atoms with Gasteiger partial charge in [-0.3, -0.25) is 9.36 Å². The molecule has 7 heteroatoms. The van der Waals surface area contributed by atoms with Gasteiger partial charge in [0.2, 0.25) is 5.88 Å². The van der Waals surface area contributed by atoms with E-state index < -0.39 is 5.91 Å². The molecule has 0 saturated carbocycles. The van der Waals surface area contributed by atoms with Gasteiger partial charge in [-0.2, -0.15) is 4.98 Å². The molecule has 1 aliphatic rings. The largest absolute Gasteiger partial charge is 0.508 e. The summed E-state index contributed by atoms with van der Waals surface area (Å²) in [4.78, 5) is 16.9. The first-order valence-corrected chi connectivity index (χ1v) is 8.71. The highest BCUT2D eigenvalue weighted by Gasteiger charge is 2.35. The number of anilines is 1. The number of fused-ring (bicyclic) bond motifs is 2. The van der Waals surface area contributed by atoms with E-state index in [2.05, 4.69) is 18.8 Å². The lowest BCUT2D eigenvalue weighted by molar-refractivity contribution is 0.100. The number of phenolic OH excluding ortho intramolecular Hbond substituents is 1. The number of hydrogen-bond donors (Lipinski definition) is 3. The van der Waals surface area contributed by atoms with Gasteiger partial charge in [0.25, 0.3) is 5.91 Å². The van der Waals surface area contributed by atoms with Crippen molar-refractivity contribution in [2.24, 2.45) is 5.73 Å². The van der Waals surface area contributed by atoms with Crippen molar-refractivity contribution in [2.75, 3.05) is 12.3 Å². The number of amides is 1. The van der Waals surface area contributed by atoms with Crippen molar-refractivity contribution in [2.45, 2.75) is 33.1 Å². The Morgan fingerprint density at radius 3 is 2.70 bits per heavy atom. The smallest absolute Gasteiger partial charge is 0.253 e. The van der Waals surface area contributed by atoms with Crippen LogP contribution in [0.4, 0.5) is 5.82 Å². The zero-order valence-corrected chi connectivity index (χ0v) is 15.8. The molecular weight excluding hydrogens is 344 g/mol. The van der Waals surface area contributed by atoms with Crippen LogP contribution in [0.25, 0.3) is 16.7 Å². The summed E-state index contributed by atoms with van der Waals surface area (Å²) in [5, 5.41) is 10.8. The normalized spacial score (nSPS) is 15.0. The number of rotatable bonds is 2. The van der Waals surface area contributed by atoms with Crippen molar-refractivity contribution < 1.29 is 14.6 Å². The number of nitrogen functional groups attached to an aromatic ring is 1. The van der Waals surface area contributed by atoms with Crippen LogP contribution >= 0.6 is 0 Å². The molecule has 0 radical (unpaired) electrons. The van der Waals surface area contributed by atoms with Crippen molar-refractivity contribution in [1.82, 2.24) is 9.55 Å². The lowest BCUT2D eigenvalue weighted by Crippen LogP contribution is -2.18. The third kappa shape index (κ3) is 2.27. The van der Waals surface area contributed by atoms with Crippen LogP contribution in [0.2, 0.25) is 0 Å². The molecule has 3 heterocycles. The van der Waals surface area contributed by atoms with Gasteiger partial charge >= 0.3 is 0 Å². The van der Waals surface area contributed by atoms with Crippen molar-refractivity contribution >= 4 is 22.8 Å². The van der Waals surface area contributed by atoms with E-state index in [-0.39, 0.29) is 22.5 Å². The SMILES string of the molecule is Cc1ccc(O)c(C)c1-n1c(N)c(C(N)=O)c2cc3c(nc21)OCC3(C)C. The van der Waals surface area contributed by atoms with Gasteiger partial charge in [0.15, 0.2) is 5.65 Å². The molecule has 0 aliphatic carbocycles. The Kier molecular flexibility index (Phi) is 3.43. The average molecular weight is 366 g/mol. The number of carbonyl (C=O) groups excluding carboxylic acids is 1. The number of hydrogen-bond acceptors (Lipinski definition) is 5. The van der Waals surface area contributed by atoms with Crippen molar-refractivity contribution in [3.8, 4) is 17.3 Å². The predicted octanol–water partition coefficient (Wildman–Crippen LogP) is 2.70. The second-order valence-corrected chi connectivity index (χ2v) is 7.72. The third-order valence-corrected chi connectivity index (χ3v) is 5.32. The summed E-state index contributed by atoms with van der Waals surface area (Å²) in [5.74, 6) is 0.238. The highest BCUT2D eigenvalue weighted by Crippen LogP contribution is 2.42. The number of primary amides is 1. The molecule has 3 aromatic rings. The molecule has 0 bridgehead atoms. The van der Waals surface area contributed by atoms with Gasteiger partial charge in [-0.15, -0.1) is 0 Å². The Hall–Kier alpha value is -3.22. The molecule has 7 nitrogen and oxygen atoms in total. The standard InChI is InChI=1S/C20H22N4O3/c1-9-5-6-13(25)10(2)15(9)24-16(21)14(17(22)26)11-7-12-19(23-18(11)24)27-8-20(12,3)4/h5-7,25H,8,21H2,1-4H3,(H2,22,26). The Morgan fingerprint density at radius 1 is 1.33 bits per heavy atom. The summed E-state index contributed by atoms with van der Waals surface area (Å²) in [6, 6.07) is 5.31. The van der Waals surface area contributed by atoms with Crippen LogP contribution in [0, 0.1) is 13.8 Å². The number of benzene rings is 1. The van der Waals surface area contributed by atoms with Gasteiger partial charge in [-0.25, -0.2) is 0 Å². The second kappa shape index (κ2) is 5.39. The fraction of sp³-hybridized carbons (Fsp3) is 0.300. The van der Waals surface area contributed by atoms with Crippen LogP contribution in [-0.4, -0.2) is 27.2 Å². The summed E-state index contributed by atoms with van der Waals surface area (Å²) < 4.78 is 7.45. The lowest BCUT2D eigenvalue weighted by Gasteiger charge is -2.16. The summed E-state index contributed by atoms with van der Waals surface area (Å²) in [6.45, 7) is 8.32. The molecule has 0 saturated heterocycles. The van der Waals surface area contributed by atoms with Crippen LogP contribution < -0.4 is 16.2 Å². The summed E-state index contributed by atoms with van der Waals surface area (Å²) in [5.41, 5.74) is 15.6. The first-order chi connectivity index (χ1) is 12.6. The van der Waals surface area contributed by atoms with Crippen LogP contribution in [-0.2, 0) is 5.41 Å². The molecule has 1 amide bonds.